The number of hydrogen-bond acceptors (Lipinski definition) is 3. The van der Waals surface area contributed by atoms with E-state index in [2.05, 4.69) is 53.2 Å². The summed E-state index contributed by atoms with van der Waals surface area (Å²) in [5.74, 6) is 0.423. The smallest absolute Gasteiger partial charge is 0.0701 e. The third-order valence-electron chi connectivity index (χ3n) is 4.03. The normalized spacial score (nSPS) is 27.0. The Bertz CT molecular complexity index is 404. The van der Waals surface area contributed by atoms with Crippen LogP contribution in [0.2, 0.25) is 0 Å². The lowest BCUT2D eigenvalue weighted by Crippen LogP contribution is -2.34. The second kappa shape index (κ2) is 5.61. The van der Waals surface area contributed by atoms with Gasteiger partial charge in [0.15, 0.2) is 0 Å². The standard InChI is InChI=1S/C14H22BrNOS/c1-14(2)5-4-11(13(14)17)8-16(3)7-10-6-12(15)18-9-10/h6,9,11,13,17H,4-5,7-8H2,1-3H3. The van der Waals surface area contributed by atoms with Crippen molar-refractivity contribution in [1.82, 2.24) is 4.90 Å². The van der Waals surface area contributed by atoms with Crippen LogP contribution in [0.3, 0.4) is 0 Å². The number of aliphatic hydroxyl groups is 1. The van der Waals surface area contributed by atoms with Crippen molar-refractivity contribution in [2.24, 2.45) is 11.3 Å². The van der Waals surface area contributed by atoms with E-state index in [1.54, 1.807) is 11.3 Å². The molecule has 0 amide bonds. The van der Waals surface area contributed by atoms with E-state index in [9.17, 15) is 5.11 Å². The van der Waals surface area contributed by atoms with Gasteiger partial charge in [-0.3, -0.25) is 0 Å². The van der Waals surface area contributed by atoms with Gasteiger partial charge in [-0.15, -0.1) is 11.3 Å². The minimum Gasteiger partial charge on any atom is -0.392 e. The van der Waals surface area contributed by atoms with Crippen molar-refractivity contribution < 1.29 is 5.11 Å². The van der Waals surface area contributed by atoms with E-state index in [4.69, 9.17) is 0 Å². The lowest BCUT2D eigenvalue weighted by atomic mass is 9.87. The summed E-state index contributed by atoms with van der Waals surface area (Å²) < 4.78 is 1.19. The van der Waals surface area contributed by atoms with Crippen molar-refractivity contribution in [1.29, 1.82) is 0 Å². The Kier molecular flexibility index (Phi) is 4.52. The van der Waals surface area contributed by atoms with Gasteiger partial charge in [0.2, 0.25) is 0 Å². The van der Waals surface area contributed by atoms with Crippen LogP contribution < -0.4 is 0 Å². The van der Waals surface area contributed by atoms with E-state index in [1.165, 1.54) is 9.35 Å². The molecule has 2 nitrogen and oxygen atoms in total. The van der Waals surface area contributed by atoms with Crippen molar-refractivity contribution in [2.75, 3.05) is 13.6 Å². The van der Waals surface area contributed by atoms with Gasteiger partial charge >= 0.3 is 0 Å². The first-order valence-electron chi connectivity index (χ1n) is 6.48. The quantitative estimate of drug-likeness (QED) is 0.908. The van der Waals surface area contributed by atoms with E-state index in [0.717, 1.165) is 25.9 Å². The highest BCUT2D eigenvalue weighted by atomic mass is 79.9. The van der Waals surface area contributed by atoms with Gasteiger partial charge in [0, 0.05) is 13.1 Å². The van der Waals surface area contributed by atoms with Crippen LogP contribution in [-0.4, -0.2) is 29.7 Å². The van der Waals surface area contributed by atoms with Crippen LogP contribution in [0.1, 0.15) is 32.3 Å². The third kappa shape index (κ3) is 3.35. The number of rotatable bonds is 4. The maximum absolute atomic E-state index is 10.3. The van der Waals surface area contributed by atoms with Gasteiger partial charge in [-0.25, -0.2) is 0 Å². The molecule has 1 aliphatic rings. The lowest BCUT2D eigenvalue weighted by Gasteiger charge is -2.28. The molecular formula is C14H22BrNOS. The van der Waals surface area contributed by atoms with Gasteiger partial charge in [-0.05, 0) is 64.2 Å². The second-order valence-corrected chi connectivity index (χ2v) is 8.48. The minimum atomic E-state index is -0.158. The van der Waals surface area contributed by atoms with E-state index < -0.39 is 0 Å². The molecule has 1 aromatic rings. The fourth-order valence-corrected chi connectivity index (χ4v) is 4.10. The van der Waals surface area contributed by atoms with Gasteiger partial charge in [-0.1, -0.05) is 13.8 Å². The van der Waals surface area contributed by atoms with E-state index in [0.29, 0.717) is 5.92 Å². The van der Waals surface area contributed by atoms with Crippen molar-refractivity contribution in [3.63, 3.8) is 0 Å². The predicted molar refractivity (Wildman–Crippen MR) is 80.9 cm³/mol. The fraction of sp³-hybridized carbons (Fsp3) is 0.714. The monoisotopic (exact) mass is 331 g/mol. The SMILES string of the molecule is CN(Cc1csc(Br)c1)CC1CCC(C)(C)C1O. The first-order chi connectivity index (χ1) is 8.38. The summed E-state index contributed by atoms with van der Waals surface area (Å²) in [6, 6.07) is 2.18. The van der Waals surface area contributed by atoms with Crippen LogP contribution in [0.15, 0.2) is 15.2 Å². The van der Waals surface area contributed by atoms with Gasteiger partial charge in [-0.2, -0.15) is 0 Å². The summed E-state index contributed by atoms with van der Waals surface area (Å²) >= 11 is 5.22. The molecule has 102 valence electrons. The highest BCUT2D eigenvalue weighted by Crippen LogP contribution is 2.41. The van der Waals surface area contributed by atoms with Crippen molar-refractivity contribution in [3.8, 4) is 0 Å². The van der Waals surface area contributed by atoms with E-state index >= 15 is 0 Å². The maximum atomic E-state index is 10.3. The Morgan fingerprint density at radius 2 is 2.28 bits per heavy atom. The molecule has 1 fully saturated rings. The summed E-state index contributed by atoms with van der Waals surface area (Å²) in [5.41, 5.74) is 1.44. The molecular weight excluding hydrogens is 310 g/mol. The number of hydrogen-bond donors (Lipinski definition) is 1. The average Bonchev–Trinajstić information content (AvgIpc) is 2.78. The molecule has 1 saturated carbocycles. The Morgan fingerprint density at radius 1 is 1.56 bits per heavy atom. The minimum absolute atomic E-state index is 0.0942. The summed E-state index contributed by atoms with van der Waals surface area (Å²) in [4.78, 5) is 2.32. The average molecular weight is 332 g/mol. The summed E-state index contributed by atoms with van der Waals surface area (Å²) in [6.07, 6.45) is 2.12. The summed E-state index contributed by atoms with van der Waals surface area (Å²) in [5, 5.41) is 12.5. The Labute approximate surface area is 122 Å². The number of halogens is 1. The van der Waals surface area contributed by atoms with Crippen molar-refractivity contribution >= 4 is 27.3 Å². The van der Waals surface area contributed by atoms with Crippen LogP contribution >= 0.6 is 27.3 Å². The molecule has 0 aliphatic heterocycles. The van der Waals surface area contributed by atoms with Crippen LogP contribution in [0.4, 0.5) is 0 Å². The van der Waals surface area contributed by atoms with Gasteiger partial charge in [0.25, 0.3) is 0 Å². The molecule has 4 heteroatoms. The summed E-state index contributed by atoms with van der Waals surface area (Å²) in [6.45, 7) is 6.30. The third-order valence-corrected chi connectivity index (χ3v) is 5.58. The fourth-order valence-electron chi connectivity index (χ4n) is 2.90. The van der Waals surface area contributed by atoms with Crippen molar-refractivity contribution in [2.45, 2.75) is 39.3 Å². The van der Waals surface area contributed by atoms with Gasteiger partial charge in [0.05, 0.1) is 9.89 Å². The molecule has 1 N–H and O–H groups in total. The molecule has 2 rings (SSSR count). The van der Waals surface area contributed by atoms with Crippen LogP contribution in [0, 0.1) is 11.3 Å². The first-order valence-corrected chi connectivity index (χ1v) is 8.15. The Hall–Kier alpha value is 0.1000. The van der Waals surface area contributed by atoms with Crippen LogP contribution in [0.5, 0.6) is 0 Å². The zero-order valence-corrected chi connectivity index (χ0v) is 13.7. The molecule has 1 aliphatic carbocycles. The molecule has 0 saturated heterocycles. The first kappa shape index (κ1) is 14.5. The Balaban J connectivity index is 1.87. The number of thiophene rings is 1. The molecule has 0 bridgehead atoms. The van der Waals surface area contributed by atoms with E-state index in [-0.39, 0.29) is 11.5 Å². The van der Waals surface area contributed by atoms with Crippen LogP contribution in [-0.2, 0) is 6.54 Å². The Morgan fingerprint density at radius 3 is 2.78 bits per heavy atom. The van der Waals surface area contributed by atoms with Gasteiger partial charge in [0.1, 0.15) is 0 Å². The molecule has 0 aromatic carbocycles. The highest BCUT2D eigenvalue weighted by Gasteiger charge is 2.40. The second-order valence-electron chi connectivity index (χ2n) is 6.19. The molecule has 0 spiro atoms. The zero-order valence-electron chi connectivity index (χ0n) is 11.3. The molecule has 2 unspecified atom stereocenters. The van der Waals surface area contributed by atoms with Crippen LogP contribution in [0.25, 0.3) is 0 Å². The molecule has 18 heavy (non-hydrogen) atoms. The largest absolute Gasteiger partial charge is 0.392 e. The highest BCUT2D eigenvalue weighted by molar-refractivity contribution is 9.11. The van der Waals surface area contributed by atoms with E-state index in [1.807, 2.05) is 0 Å². The molecule has 2 atom stereocenters. The molecule has 1 heterocycles. The van der Waals surface area contributed by atoms with Crippen molar-refractivity contribution in [3.05, 3.63) is 20.8 Å². The van der Waals surface area contributed by atoms with Gasteiger partial charge < -0.3 is 10.0 Å². The number of aliphatic hydroxyl groups excluding tert-OH is 1. The molecule has 0 radical (unpaired) electrons. The maximum Gasteiger partial charge on any atom is 0.0701 e. The predicted octanol–water partition coefficient (Wildman–Crippen LogP) is 3.74. The molecule has 1 aromatic heterocycles. The summed E-state index contributed by atoms with van der Waals surface area (Å²) in [7, 11) is 2.14. The topological polar surface area (TPSA) is 23.5 Å². The zero-order chi connectivity index (χ0) is 13.3. The number of nitrogens with zero attached hydrogens (tertiary/aromatic N) is 1. The lowest BCUT2D eigenvalue weighted by molar-refractivity contribution is 0.0348.